The molecule has 0 spiro atoms. The van der Waals surface area contributed by atoms with Crippen LogP contribution >= 0.6 is 15.9 Å². The Kier molecular flexibility index (Phi) is 17.6. The molecule has 0 heterocycles. The summed E-state index contributed by atoms with van der Waals surface area (Å²) in [6.07, 6.45) is 24.0. The second-order valence-electron chi connectivity index (χ2n) is 6.29. The second kappa shape index (κ2) is 18.4. The number of hydrogen-bond donors (Lipinski definition) is 0. The normalized spacial score (nSPS) is 10.8. The maximum atomic E-state index is 11.3. The average Bonchev–Trinajstić information content (AvgIpc) is 2.58. The first kappa shape index (κ1) is 23.0. The molecule has 0 N–H and O–H groups in total. The van der Waals surface area contributed by atoms with Gasteiger partial charge in [0.05, 0.1) is 0 Å². The Morgan fingerprint density at radius 2 is 1.50 bits per heavy atom. The minimum Gasteiger partial charge on any atom is -0.285 e. The fourth-order valence-electron chi connectivity index (χ4n) is 2.56. The topological polar surface area (TPSA) is 17.1 Å². The number of carbonyl (C=O) groups is 1. The summed E-state index contributed by atoms with van der Waals surface area (Å²) in [5, 5.41) is 0. The molecule has 2 heteroatoms. The number of carbonyl (C=O) groups excluding carboxylic acids is 1. The molecule has 0 aliphatic carbocycles. The van der Waals surface area contributed by atoms with Crippen molar-refractivity contribution in [2.45, 2.75) is 96.8 Å². The first-order valence-electron chi connectivity index (χ1n) is 9.54. The van der Waals surface area contributed by atoms with Crippen LogP contribution in [-0.2, 0) is 4.79 Å². The lowest BCUT2D eigenvalue weighted by atomic mass is 10.1. The number of rotatable bonds is 15. The van der Waals surface area contributed by atoms with Crippen molar-refractivity contribution in [3.05, 3.63) is 10.6 Å². The first-order chi connectivity index (χ1) is 11.7. The van der Waals surface area contributed by atoms with Gasteiger partial charge in [-0.2, -0.15) is 0 Å². The Morgan fingerprint density at radius 1 is 0.917 bits per heavy atom. The van der Waals surface area contributed by atoms with E-state index < -0.39 is 0 Å². The number of ketones is 1. The van der Waals surface area contributed by atoms with E-state index in [-0.39, 0.29) is 5.78 Å². The molecule has 0 rings (SSSR count). The van der Waals surface area contributed by atoms with Crippen LogP contribution < -0.4 is 0 Å². The molecule has 0 aromatic heterocycles. The van der Waals surface area contributed by atoms with E-state index in [1.807, 2.05) is 0 Å². The number of allylic oxidation sites excluding steroid dienone is 2. The number of terminal acetylenes is 1. The van der Waals surface area contributed by atoms with Crippen molar-refractivity contribution in [2.75, 3.05) is 0 Å². The summed E-state index contributed by atoms with van der Waals surface area (Å²) in [4.78, 5) is 11.3. The quantitative estimate of drug-likeness (QED) is 0.167. The molecule has 0 unspecified atom stereocenters. The molecule has 134 valence electrons. The summed E-state index contributed by atoms with van der Waals surface area (Å²) in [5.74, 6) is 6.96. The zero-order valence-corrected chi connectivity index (χ0v) is 16.9. The van der Waals surface area contributed by atoms with Gasteiger partial charge < -0.3 is 0 Å². The molecule has 0 amide bonds. The highest BCUT2D eigenvalue weighted by Gasteiger charge is 1.97. The van der Waals surface area contributed by atoms with Gasteiger partial charge in [-0.25, -0.2) is 0 Å². The Bertz CT molecular complexity index is 445. The average molecular weight is 393 g/mol. The molecule has 0 bridgehead atoms. The second-order valence-corrected chi connectivity index (χ2v) is 7.31. The Morgan fingerprint density at radius 3 is 2.17 bits per heavy atom. The molecule has 0 saturated carbocycles. The lowest BCUT2D eigenvalue weighted by Crippen LogP contribution is -1.92. The summed E-state index contributed by atoms with van der Waals surface area (Å²) in [6.45, 7) is 2.25. The van der Waals surface area contributed by atoms with E-state index in [0.29, 0.717) is 6.42 Å². The van der Waals surface area contributed by atoms with Gasteiger partial charge in [-0.3, -0.25) is 4.79 Å². The Balaban J connectivity index is 3.36. The number of hydrogen-bond acceptors (Lipinski definition) is 1. The van der Waals surface area contributed by atoms with Crippen LogP contribution in [0, 0.1) is 24.2 Å². The van der Waals surface area contributed by atoms with Crippen LogP contribution in [0.5, 0.6) is 0 Å². The van der Waals surface area contributed by atoms with Crippen LogP contribution in [0.1, 0.15) is 96.8 Å². The van der Waals surface area contributed by atoms with Crippen LogP contribution in [0.15, 0.2) is 10.6 Å². The highest BCUT2D eigenvalue weighted by Crippen LogP contribution is 2.18. The molecule has 24 heavy (non-hydrogen) atoms. The largest absolute Gasteiger partial charge is 0.285 e. The monoisotopic (exact) mass is 392 g/mol. The van der Waals surface area contributed by atoms with Gasteiger partial charge in [0.15, 0.2) is 0 Å². The van der Waals surface area contributed by atoms with E-state index in [9.17, 15) is 4.79 Å². The fraction of sp³-hybridized carbons (Fsp3) is 0.682. The molecule has 0 aliphatic heterocycles. The minimum atomic E-state index is -0.0278. The Hall–Kier alpha value is -0.990. The van der Waals surface area contributed by atoms with Crippen molar-refractivity contribution in [3.63, 3.8) is 0 Å². The van der Waals surface area contributed by atoms with Crippen LogP contribution in [-0.4, -0.2) is 5.78 Å². The van der Waals surface area contributed by atoms with Crippen molar-refractivity contribution in [3.8, 4) is 24.2 Å². The van der Waals surface area contributed by atoms with Crippen molar-refractivity contribution < 1.29 is 4.79 Å². The maximum absolute atomic E-state index is 11.3. The first-order valence-corrected chi connectivity index (χ1v) is 10.3. The highest BCUT2D eigenvalue weighted by molar-refractivity contribution is 9.11. The molecular weight excluding hydrogens is 360 g/mol. The van der Waals surface area contributed by atoms with Gasteiger partial charge in [-0.05, 0) is 54.3 Å². The third kappa shape index (κ3) is 17.4. The lowest BCUT2D eigenvalue weighted by Gasteiger charge is -2.02. The molecule has 0 aromatic carbocycles. The van der Waals surface area contributed by atoms with E-state index in [1.54, 1.807) is 0 Å². The van der Waals surface area contributed by atoms with Gasteiger partial charge in [0.25, 0.3) is 0 Å². The zero-order chi connectivity index (χ0) is 17.9. The highest BCUT2D eigenvalue weighted by atomic mass is 79.9. The third-order valence-corrected chi connectivity index (χ3v) is 4.74. The van der Waals surface area contributed by atoms with Crippen LogP contribution in [0.2, 0.25) is 0 Å². The van der Waals surface area contributed by atoms with Gasteiger partial charge in [0.2, 0.25) is 5.78 Å². The molecule has 0 aliphatic rings. The SMILES string of the molecule is C#CC#CC(=O)CCCCCCCCCC=C(Br)CCCCCC. The summed E-state index contributed by atoms with van der Waals surface area (Å²) in [7, 11) is 0. The van der Waals surface area contributed by atoms with Crippen molar-refractivity contribution in [1.29, 1.82) is 0 Å². The molecule has 0 radical (unpaired) electrons. The van der Waals surface area contributed by atoms with E-state index in [0.717, 1.165) is 12.8 Å². The minimum absolute atomic E-state index is 0.0278. The molecule has 1 nitrogen and oxygen atoms in total. The summed E-state index contributed by atoms with van der Waals surface area (Å²) in [6, 6.07) is 0. The molecule has 0 aromatic rings. The zero-order valence-electron chi connectivity index (χ0n) is 15.3. The van der Waals surface area contributed by atoms with Gasteiger partial charge >= 0.3 is 0 Å². The molecular formula is C22H33BrO. The van der Waals surface area contributed by atoms with Crippen molar-refractivity contribution in [1.82, 2.24) is 0 Å². The smallest absolute Gasteiger partial charge is 0.206 e. The van der Waals surface area contributed by atoms with E-state index in [2.05, 4.69) is 46.7 Å². The van der Waals surface area contributed by atoms with Crippen molar-refractivity contribution in [2.24, 2.45) is 0 Å². The molecule has 0 saturated heterocycles. The summed E-state index contributed by atoms with van der Waals surface area (Å²) in [5.41, 5.74) is 0. The van der Waals surface area contributed by atoms with Gasteiger partial charge in [0.1, 0.15) is 0 Å². The van der Waals surface area contributed by atoms with Crippen molar-refractivity contribution >= 4 is 21.7 Å². The predicted molar refractivity (Wildman–Crippen MR) is 109 cm³/mol. The van der Waals surface area contributed by atoms with Gasteiger partial charge in [-0.15, -0.1) is 6.42 Å². The fourth-order valence-corrected chi connectivity index (χ4v) is 3.07. The number of halogens is 1. The standard InChI is InChI=1S/C22H33BrO/c1-3-5-7-14-17-21(23)18-15-12-10-8-9-11-13-16-20-22(24)19-6-4-2/h2,18H,3,5,7-17,20H2,1H3. The lowest BCUT2D eigenvalue weighted by molar-refractivity contribution is -0.113. The predicted octanol–water partition coefficient (Wildman–Crippen LogP) is 6.95. The summed E-state index contributed by atoms with van der Waals surface area (Å²) < 4.78 is 1.39. The van der Waals surface area contributed by atoms with Gasteiger partial charge in [0, 0.05) is 6.42 Å². The molecule has 0 fully saturated rings. The van der Waals surface area contributed by atoms with E-state index in [4.69, 9.17) is 6.42 Å². The van der Waals surface area contributed by atoms with E-state index in [1.165, 1.54) is 75.1 Å². The van der Waals surface area contributed by atoms with Crippen LogP contribution in [0.3, 0.4) is 0 Å². The maximum Gasteiger partial charge on any atom is 0.206 e. The summed E-state index contributed by atoms with van der Waals surface area (Å²) >= 11 is 3.68. The van der Waals surface area contributed by atoms with Crippen LogP contribution in [0.4, 0.5) is 0 Å². The Labute approximate surface area is 158 Å². The molecule has 0 atom stereocenters. The number of unbranched alkanes of at least 4 members (excludes halogenated alkanes) is 10. The van der Waals surface area contributed by atoms with Gasteiger partial charge in [-0.1, -0.05) is 80.3 Å². The third-order valence-electron chi connectivity index (χ3n) is 4.02. The van der Waals surface area contributed by atoms with Crippen LogP contribution in [0.25, 0.3) is 0 Å². The van der Waals surface area contributed by atoms with E-state index >= 15 is 0 Å². The number of Topliss-reactive ketones (excluding diaryl/α,β-unsaturated/α-hetero) is 1.